The lowest BCUT2D eigenvalue weighted by Crippen LogP contribution is -2.39. The molecule has 178 valence electrons. The zero-order chi connectivity index (χ0) is 24.1. The highest BCUT2D eigenvalue weighted by Crippen LogP contribution is 2.38. The van der Waals surface area contributed by atoms with Gasteiger partial charge in [0.25, 0.3) is 5.56 Å². The maximum Gasteiger partial charge on any atom is 0.338 e. The van der Waals surface area contributed by atoms with Gasteiger partial charge in [-0.05, 0) is 55.3 Å². The number of hydrogen-bond acceptors (Lipinski definition) is 9. The summed E-state index contributed by atoms with van der Waals surface area (Å²) in [6.45, 7) is 3.99. The number of thiazole rings is 1. The lowest BCUT2D eigenvalue weighted by atomic mass is 9.95. The first-order valence-corrected chi connectivity index (χ1v) is 11.8. The lowest BCUT2D eigenvalue weighted by molar-refractivity contribution is -0.139. The van der Waals surface area contributed by atoms with Gasteiger partial charge in [0.2, 0.25) is 13.6 Å². The van der Waals surface area contributed by atoms with E-state index in [1.807, 2.05) is 24.3 Å². The first-order chi connectivity index (χ1) is 17.0. The van der Waals surface area contributed by atoms with Crippen LogP contribution in [-0.4, -0.2) is 30.7 Å². The number of fused-ring (bicyclic) bond motifs is 3. The topological polar surface area (TPSA) is 97.6 Å². The number of hydrogen-bond donors (Lipinski definition) is 0. The highest BCUT2D eigenvalue weighted by Gasteiger charge is 2.34. The Morgan fingerprint density at radius 2 is 1.77 bits per heavy atom. The van der Waals surface area contributed by atoms with Crippen LogP contribution in [0, 0.1) is 0 Å². The molecule has 0 spiro atoms. The molecule has 0 unspecified atom stereocenters. The lowest BCUT2D eigenvalue weighted by Gasteiger charge is -2.24. The van der Waals surface area contributed by atoms with E-state index in [2.05, 4.69) is 4.99 Å². The summed E-state index contributed by atoms with van der Waals surface area (Å²) in [4.78, 5) is 31.8. The predicted molar refractivity (Wildman–Crippen MR) is 126 cm³/mol. The van der Waals surface area contributed by atoms with Crippen molar-refractivity contribution < 1.29 is 28.5 Å². The third-order valence-electron chi connectivity index (χ3n) is 5.92. The van der Waals surface area contributed by atoms with Crippen molar-refractivity contribution >= 4 is 23.4 Å². The fourth-order valence-corrected chi connectivity index (χ4v) is 5.39. The molecule has 2 aromatic carbocycles. The standard InChI is InChI=1S/C25H20N2O7S/c1-3-30-24(29)21-13(2)26-25-27(22(21)15-5-7-17-19(10-15)34-12-32-17)23(28)20(35-25)9-14-4-6-16-18(8-14)33-11-31-16/h4-10,22H,3,11-12H2,1-2H3/b20-9+/t22-/m1/s1. The van der Waals surface area contributed by atoms with Crippen LogP contribution in [0.3, 0.4) is 0 Å². The van der Waals surface area contributed by atoms with Gasteiger partial charge >= 0.3 is 5.97 Å². The van der Waals surface area contributed by atoms with Gasteiger partial charge in [-0.3, -0.25) is 9.36 Å². The van der Waals surface area contributed by atoms with E-state index in [1.165, 1.54) is 11.3 Å². The van der Waals surface area contributed by atoms with Crippen LogP contribution in [0.1, 0.15) is 31.0 Å². The fourth-order valence-electron chi connectivity index (χ4n) is 4.34. The van der Waals surface area contributed by atoms with Gasteiger partial charge in [0, 0.05) is 0 Å². The van der Waals surface area contributed by atoms with Crippen LogP contribution >= 0.6 is 11.3 Å². The highest BCUT2D eigenvalue weighted by molar-refractivity contribution is 7.07. The van der Waals surface area contributed by atoms with E-state index in [-0.39, 0.29) is 25.8 Å². The molecule has 4 heterocycles. The Morgan fingerprint density at radius 1 is 1.09 bits per heavy atom. The van der Waals surface area contributed by atoms with Crippen molar-refractivity contribution in [1.29, 1.82) is 0 Å². The second-order valence-corrected chi connectivity index (χ2v) is 9.04. The Bertz CT molecular complexity index is 1580. The smallest absolute Gasteiger partial charge is 0.338 e. The first-order valence-electron chi connectivity index (χ1n) is 11.0. The molecule has 0 fully saturated rings. The molecule has 0 radical (unpaired) electrons. The minimum Gasteiger partial charge on any atom is -0.463 e. The van der Waals surface area contributed by atoms with E-state index >= 15 is 0 Å². The molecule has 35 heavy (non-hydrogen) atoms. The van der Waals surface area contributed by atoms with Gasteiger partial charge in [-0.15, -0.1) is 0 Å². The summed E-state index contributed by atoms with van der Waals surface area (Å²) in [5, 5.41) is 0. The Balaban J connectivity index is 1.53. The molecule has 10 heteroatoms. The van der Waals surface area contributed by atoms with Crippen molar-refractivity contribution in [2.75, 3.05) is 20.2 Å². The number of ether oxygens (including phenoxy) is 5. The number of nitrogens with zero attached hydrogens (tertiary/aromatic N) is 2. The summed E-state index contributed by atoms with van der Waals surface area (Å²) in [7, 11) is 0. The molecule has 3 aliphatic heterocycles. The summed E-state index contributed by atoms with van der Waals surface area (Å²) < 4.78 is 29.2. The molecule has 0 bridgehead atoms. The van der Waals surface area contributed by atoms with Crippen molar-refractivity contribution in [1.82, 2.24) is 4.57 Å². The monoisotopic (exact) mass is 492 g/mol. The molecular weight excluding hydrogens is 472 g/mol. The molecule has 0 N–H and O–H groups in total. The first kappa shape index (κ1) is 21.5. The van der Waals surface area contributed by atoms with Crippen LogP contribution in [0.2, 0.25) is 0 Å². The summed E-state index contributed by atoms with van der Waals surface area (Å²) in [5.41, 5.74) is 2.04. The Kier molecular flexibility index (Phi) is 5.10. The van der Waals surface area contributed by atoms with Crippen molar-refractivity contribution in [2.45, 2.75) is 19.9 Å². The summed E-state index contributed by atoms with van der Waals surface area (Å²) in [5.74, 6) is 1.96. The Hall–Kier alpha value is -4.05. The molecule has 0 aliphatic carbocycles. The maximum absolute atomic E-state index is 13.7. The quantitative estimate of drug-likeness (QED) is 0.516. The van der Waals surface area contributed by atoms with Crippen molar-refractivity contribution in [3.8, 4) is 23.0 Å². The largest absolute Gasteiger partial charge is 0.463 e. The highest BCUT2D eigenvalue weighted by atomic mass is 32.1. The second kappa shape index (κ2) is 8.31. The van der Waals surface area contributed by atoms with Crippen molar-refractivity contribution in [3.05, 3.63) is 78.5 Å². The average molecular weight is 493 g/mol. The van der Waals surface area contributed by atoms with Gasteiger partial charge in [-0.25, -0.2) is 9.79 Å². The summed E-state index contributed by atoms with van der Waals surface area (Å²) in [6.07, 6.45) is 1.78. The third kappa shape index (κ3) is 3.57. The minimum atomic E-state index is -0.723. The molecule has 0 saturated heterocycles. The normalized spacial score (nSPS) is 17.9. The molecule has 0 amide bonds. The maximum atomic E-state index is 13.7. The SMILES string of the molecule is CCOC(=O)C1=C(C)N=c2s/c(=C/c3ccc4c(c3)OCO4)c(=O)n2[C@@H]1c1ccc2c(c1)OCO2. The number of esters is 1. The van der Waals surface area contributed by atoms with E-state index < -0.39 is 12.0 Å². The van der Waals surface area contributed by atoms with Crippen LogP contribution in [-0.2, 0) is 9.53 Å². The van der Waals surface area contributed by atoms with Gasteiger partial charge in [0.15, 0.2) is 27.8 Å². The zero-order valence-electron chi connectivity index (χ0n) is 18.9. The predicted octanol–water partition coefficient (Wildman–Crippen LogP) is 2.26. The summed E-state index contributed by atoms with van der Waals surface area (Å²) >= 11 is 1.26. The fraction of sp³-hybridized carbons (Fsp3) is 0.240. The average Bonchev–Trinajstić information content (AvgIpc) is 3.57. The molecule has 3 aliphatic rings. The number of carbonyl (C=O) groups excluding carboxylic acids is 1. The van der Waals surface area contributed by atoms with Crippen LogP contribution in [0.4, 0.5) is 0 Å². The number of rotatable bonds is 4. The van der Waals surface area contributed by atoms with Crippen molar-refractivity contribution in [3.63, 3.8) is 0 Å². The molecule has 0 saturated carbocycles. The molecule has 6 rings (SSSR count). The number of allylic oxidation sites excluding steroid dienone is 1. The number of benzene rings is 2. The van der Waals surface area contributed by atoms with Gasteiger partial charge < -0.3 is 23.7 Å². The number of carbonyl (C=O) groups is 1. The van der Waals surface area contributed by atoms with Gasteiger partial charge in [-0.1, -0.05) is 23.5 Å². The second-order valence-electron chi connectivity index (χ2n) is 8.03. The zero-order valence-corrected chi connectivity index (χ0v) is 19.7. The molecular formula is C25H20N2O7S. The van der Waals surface area contributed by atoms with Crippen LogP contribution in [0.25, 0.3) is 6.08 Å². The molecule has 1 aromatic heterocycles. The van der Waals surface area contributed by atoms with Gasteiger partial charge in [0.05, 0.1) is 28.5 Å². The van der Waals surface area contributed by atoms with Crippen molar-refractivity contribution in [2.24, 2.45) is 4.99 Å². The van der Waals surface area contributed by atoms with E-state index in [1.54, 1.807) is 36.6 Å². The Morgan fingerprint density at radius 3 is 2.51 bits per heavy atom. The third-order valence-corrected chi connectivity index (χ3v) is 6.91. The van der Waals surface area contributed by atoms with E-state index in [9.17, 15) is 9.59 Å². The van der Waals surface area contributed by atoms with Gasteiger partial charge in [-0.2, -0.15) is 0 Å². The summed E-state index contributed by atoms with van der Waals surface area (Å²) in [6, 6.07) is 10.2. The van der Waals surface area contributed by atoms with E-state index in [0.717, 1.165) is 5.56 Å². The Labute approximate surface area is 203 Å². The van der Waals surface area contributed by atoms with Crippen LogP contribution in [0.15, 0.2) is 57.5 Å². The van der Waals surface area contributed by atoms with E-state index in [4.69, 9.17) is 23.7 Å². The minimum absolute atomic E-state index is 0.122. The molecule has 1 atom stereocenters. The molecule has 3 aromatic rings. The van der Waals surface area contributed by atoms with E-state index in [0.29, 0.717) is 49.2 Å². The van der Waals surface area contributed by atoms with Crippen LogP contribution < -0.4 is 33.8 Å². The van der Waals surface area contributed by atoms with Crippen LogP contribution in [0.5, 0.6) is 23.0 Å². The van der Waals surface area contributed by atoms with Gasteiger partial charge in [0.1, 0.15) is 0 Å². The number of aromatic nitrogens is 1. The molecule has 9 nitrogen and oxygen atoms in total.